The van der Waals surface area contributed by atoms with Crippen molar-refractivity contribution in [3.8, 4) is 5.75 Å². The molecule has 2 aromatic rings. The molecule has 0 saturated carbocycles. The molecular formula is C28H36N2O4. The van der Waals surface area contributed by atoms with Gasteiger partial charge >= 0.3 is 0 Å². The number of rotatable bonds is 10. The number of hydrogen-bond donors (Lipinski definition) is 1. The zero-order valence-electron chi connectivity index (χ0n) is 20.9. The first-order chi connectivity index (χ1) is 16.3. The van der Waals surface area contributed by atoms with Crippen LogP contribution in [0.1, 0.15) is 50.4 Å². The van der Waals surface area contributed by atoms with Gasteiger partial charge in [-0.3, -0.25) is 9.59 Å². The predicted octanol–water partition coefficient (Wildman–Crippen LogP) is 4.79. The van der Waals surface area contributed by atoms with Gasteiger partial charge < -0.3 is 19.6 Å². The van der Waals surface area contributed by atoms with Crippen molar-refractivity contribution in [2.45, 2.75) is 40.7 Å². The summed E-state index contributed by atoms with van der Waals surface area (Å²) >= 11 is 0. The Morgan fingerprint density at radius 3 is 2.35 bits per heavy atom. The molecule has 1 heterocycles. The van der Waals surface area contributed by atoms with E-state index in [1.165, 1.54) is 0 Å². The highest BCUT2D eigenvalue weighted by molar-refractivity contribution is 6.46. The predicted molar refractivity (Wildman–Crippen MR) is 135 cm³/mol. The molecule has 1 N–H and O–H groups in total. The number of likely N-dealkylation sites (N-methyl/N-ethyl adjacent to an activating group) is 1. The molecule has 1 atom stereocenters. The van der Waals surface area contributed by atoms with Crippen molar-refractivity contribution in [2.24, 2.45) is 5.92 Å². The maximum absolute atomic E-state index is 13.2. The van der Waals surface area contributed by atoms with Gasteiger partial charge in [-0.1, -0.05) is 58.0 Å². The summed E-state index contributed by atoms with van der Waals surface area (Å²) in [6.07, 6.45) is 0. The number of aryl methyl sites for hydroxylation is 1. The second-order valence-electron chi connectivity index (χ2n) is 9.12. The van der Waals surface area contributed by atoms with Crippen molar-refractivity contribution in [2.75, 3.05) is 32.8 Å². The maximum Gasteiger partial charge on any atom is 0.295 e. The van der Waals surface area contributed by atoms with Crippen molar-refractivity contribution < 1.29 is 19.4 Å². The Bertz CT molecular complexity index is 1040. The van der Waals surface area contributed by atoms with Crippen LogP contribution >= 0.6 is 0 Å². The molecule has 182 valence electrons. The molecule has 0 spiro atoms. The number of ether oxygens (including phenoxy) is 1. The number of nitrogens with zero attached hydrogens (tertiary/aromatic N) is 2. The van der Waals surface area contributed by atoms with Crippen molar-refractivity contribution in [3.63, 3.8) is 0 Å². The molecule has 1 saturated heterocycles. The summed E-state index contributed by atoms with van der Waals surface area (Å²) in [6.45, 7) is 13.6. The maximum atomic E-state index is 13.2. The average molecular weight is 465 g/mol. The highest BCUT2D eigenvalue weighted by Crippen LogP contribution is 2.39. The molecule has 0 aliphatic carbocycles. The van der Waals surface area contributed by atoms with Crippen LogP contribution in [-0.2, 0) is 9.59 Å². The fourth-order valence-electron chi connectivity index (χ4n) is 4.25. The second kappa shape index (κ2) is 11.3. The SMILES string of the molecule is CCN(CC)CCN1C(=O)C(=O)C(=C(O)c2ccc(OCC(C)C)c(C)c2)[C@@H]1c1ccccc1. The van der Waals surface area contributed by atoms with Crippen LogP contribution in [0.15, 0.2) is 54.1 Å². The molecule has 0 radical (unpaired) electrons. The van der Waals surface area contributed by atoms with Gasteiger partial charge in [-0.2, -0.15) is 0 Å². The van der Waals surface area contributed by atoms with E-state index in [4.69, 9.17) is 4.74 Å². The molecule has 3 rings (SSSR count). The molecule has 0 aromatic heterocycles. The number of hydrogen-bond acceptors (Lipinski definition) is 5. The van der Waals surface area contributed by atoms with Crippen LogP contribution in [-0.4, -0.2) is 59.4 Å². The summed E-state index contributed by atoms with van der Waals surface area (Å²) in [5, 5.41) is 11.3. The lowest BCUT2D eigenvalue weighted by atomic mass is 9.95. The summed E-state index contributed by atoms with van der Waals surface area (Å²) in [6, 6.07) is 14.2. The van der Waals surface area contributed by atoms with Gasteiger partial charge in [-0.05, 0) is 55.3 Å². The number of amides is 1. The summed E-state index contributed by atoms with van der Waals surface area (Å²) in [7, 11) is 0. The Morgan fingerprint density at radius 1 is 1.09 bits per heavy atom. The van der Waals surface area contributed by atoms with E-state index in [0.29, 0.717) is 31.2 Å². The highest BCUT2D eigenvalue weighted by atomic mass is 16.5. The van der Waals surface area contributed by atoms with Gasteiger partial charge in [0.15, 0.2) is 0 Å². The van der Waals surface area contributed by atoms with E-state index in [9.17, 15) is 14.7 Å². The van der Waals surface area contributed by atoms with Crippen LogP contribution in [0.2, 0.25) is 0 Å². The zero-order valence-corrected chi connectivity index (χ0v) is 20.9. The van der Waals surface area contributed by atoms with E-state index in [-0.39, 0.29) is 11.3 Å². The summed E-state index contributed by atoms with van der Waals surface area (Å²) < 4.78 is 5.85. The van der Waals surface area contributed by atoms with Gasteiger partial charge in [0.2, 0.25) is 0 Å². The normalized spacial score (nSPS) is 17.7. The number of carbonyl (C=O) groups excluding carboxylic acids is 2. The molecule has 1 amide bonds. The number of Topliss-reactive ketones (excluding diaryl/α,β-unsaturated/α-hetero) is 1. The van der Waals surface area contributed by atoms with Gasteiger partial charge in [-0.15, -0.1) is 0 Å². The Hall–Kier alpha value is -3.12. The van der Waals surface area contributed by atoms with E-state index in [0.717, 1.165) is 30.0 Å². The molecule has 1 fully saturated rings. The lowest BCUT2D eigenvalue weighted by molar-refractivity contribution is -0.140. The molecule has 0 bridgehead atoms. The largest absolute Gasteiger partial charge is 0.507 e. The third-order valence-electron chi connectivity index (χ3n) is 6.23. The topological polar surface area (TPSA) is 70.1 Å². The standard InChI is InChI=1S/C28H36N2O4/c1-6-29(7-2)15-16-30-25(21-11-9-8-10-12-21)24(27(32)28(30)33)26(31)22-13-14-23(20(5)17-22)34-18-19(3)4/h8-14,17,19,25,31H,6-7,15-16,18H2,1-5H3/t25-/m0/s1. The smallest absolute Gasteiger partial charge is 0.295 e. The first kappa shape index (κ1) is 25.5. The molecule has 34 heavy (non-hydrogen) atoms. The number of benzene rings is 2. The fourth-order valence-corrected chi connectivity index (χ4v) is 4.25. The highest BCUT2D eigenvalue weighted by Gasteiger charge is 2.45. The van der Waals surface area contributed by atoms with Crippen LogP contribution in [0.25, 0.3) is 5.76 Å². The van der Waals surface area contributed by atoms with Gasteiger partial charge in [0.1, 0.15) is 11.5 Å². The fraction of sp³-hybridized carbons (Fsp3) is 0.429. The quantitative estimate of drug-likeness (QED) is 0.311. The lowest BCUT2D eigenvalue weighted by Gasteiger charge is -2.28. The summed E-state index contributed by atoms with van der Waals surface area (Å²) in [5.74, 6) is -0.244. The van der Waals surface area contributed by atoms with E-state index in [1.54, 1.807) is 23.1 Å². The third-order valence-corrected chi connectivity index (χ3v) is 6.23. The summed E-state index contributed by atoms with van der Waals surface area (Å²) in [5.41, 5.74) is 2.29. The Morgan fingerprint density at radius 2 is 1.76 bits per heavy atom. The van der Waals surface area contributed by atoms with Crippen LogP contribution < -0.4 is 4.74 Å². The first-order valence-electron chi connectivity index (χ1n) is 12.1. The van der Waals surface area contributed by atoms with Crippen molar-refractivity contribution >= 4 is 17.4 Å². The third kappa shape index (κ3) is 5.50. The number of likely N-dealkylation sites (tertiary alicyclic amines) is 1. The Labute approximate surface area is 202 Å². The zero-order chi connectivity index (χ0) is 24.8. The van der Waals surface area contributed by atoms with Gasteiger partial charge in [0.25, 0.3) is 11.7 Å². The molecule has 1 aliphatic heterocycles. The number of aliphatic hydroxyl groups is 1. The number of carbonyl (C=O) groups is 2. The number of ketones is 1. The molecule has 0 unspecified atom stereocenters. The molecule has 2 aromatic carbocycles. The van der Waals surface area contributed by atoms with Crippen molar-refractivity contribution in [1.29, 1.82) is 0 Å². The van der Waals surface area contributed by atoms with Crippen molar-refractivity contribution in [3.05, 3.63) is 70.8 Å². The van der Waals surface area contributed by atoms with E-state index >= 15 is 0 Å². The van der Waals surface area contributed by atoms with E-state index in [2.05, 4.69) is 32.6 Å². The van der Waals surface area contributed by atoms with Crippen LogP contribution in [0, 0.1) is 12.8 Å². The average Bonchev–Trinajstić information content (AvgIpc) is 3.08. The van der Waals surface area contributed by atoms with E-state index in [1.807, 2.05) is 37.3 Å². The minimum Gasteiger partial charge on any atom is -0.507 e. The van der Waals surface area contributed by atoms with Gasteiger partial charge in [-0.25, -0.2) is 0 Å². The molecular weight excluding hydrogens is 428 g/mol. The monoisotopic (exact) mass is 464 g/mol. The lowest BCUT2D eigenvalue weighted by Crippen LogP contribution is -2.38. The van der Waals surface area contributed by atoms with Gasteiger partial charge in [0, 0.05) is 18.7 Å². The minimum absolute atomic E-state index is 0.131. The summed E-state index contributed by atoms with van der Waals surface area (Å²) in [4.78, 5) is 30.1. The van der Waals surface area contributed by atoms with Crippen LogP contribution in [0.3, 0.4) is 0 Å². The molecule has 6 nitrogen and oxygen atoms in total. The first-order valence-corrected chi connectivity index (χ1v) is 12.1. The Balaban J connectivity index is 2.02. The van der Waals surface area contributed by atoms with Crippen LogP contribution in [0.4, 0.5) is 0 Å². The van der Waals surface area contributed by atoms with E-state index < -0.39 is 17.7 Å². The molecule has 1 aliphatic rings. The number of aliphatic hydroxyl groups excluding tert-OH is 1. The van der Waals surface area contributed by atoms with Gasteiger partial charge in [0.05, 0.1) is 18.2 Å². The van der Waals surface area contributed by atoms with Crippen LogP contribution in [0.5, 0.6) is 5.75 Å². The van der Waals surface area contributed by atoms with Crippen molar-refractivity contribution in [1.82, 2.24) is 9.80 Å². The minimum atomic E-state index is -0.649. The Kier molecular flexibility index (Phi) is 8.51. The molecule has 6 heteroatoms. The second-order valence-corrected chi connectivity index (χ2v) is 9.12.